The van der Waals surface area contributed by atoms with Crippen LogP contribution in [0, 0.1) is 13.8 Å². The zero-order valence-corrected chi connectivity index (χ0v) is 16.0. The third-order valence-electron chi connectivity index (χ3n) is 4.02. The van der Waals surface area contributed by atoms with Gasteiger partial charge in [-0.1, -0.05) is 12.1 Å². The molecule has 0 heterocycles. The molecule has 2 aromatic rings. The molecule has 2 aromatic carbocycles. The summed E-state index contributed by atoms with van der Waals surface area (Å²) in [5.74, 6) is 1.07. The van der Waals surface area contributed by atoms with Gasteiger partial charge in [-0.15, -0.1) is 0 Å². The molecule has 27 heavy (non-hydrogen) atoms. The van der Waals surface area contributed by atoms with Gasteiger partial charge in [0, 0.05) is 12.2 Å². The minimum absolute atomic E-state index is 0.0325. The van der Waals surface area contributed by atoms with E-state index in [2.05, 4.69) is 10.6 Å². The monoisotopic (exact) mass is 370 g/mol. The first-order valence-corrected chi connectivity index (χ1v) is 8.98. The van der Waals surface area contributed by atoms with Crippen LogP contribution in [-0.4, -0.2) is 31.6 Å². The van der Waals surface area contributed by atoms with Gasteiger partial charge in [-0.3, -0.25) is 9.59 Å². The molecule has 0 bridgehead atoms. The second-order valence-corrected chi connectivity index (χ2v) is 6.11. The standard InChI is InChI=1S/C21H26N2O4/c1-4-22-21(25)14-27-18-10-8-17(9-11-18)23-20(24)12-13-26-19-7-5-6-15(2)16(19)3/h5-11H,4,12-14H2,1-3H3,(H,22,25)(H,23,24). The highest BCUT2D eigenvalue weighted by Crippen LogP contribution is 2.21. The highest BCUT2D eigenvalue weighted by Gasteiger charge is 2.06. The molecule has 6 nitrogen and oxygen atoms in total. The van der Waals surface area contributed by atoms with Gasteiger partial charge >= 0.3 is 0 Å². The molecule has 2 rings (SSSR count). The third kappa shape index (κ3) is 6.66. The van der Waals surface area contributed by atoms with Crippen molar-refractivity contribution in [3.63, 3.8) is 0 Å². The SMILES string of the molecule is CCNC(=O)COc1ccc(NC(=O)CCOc2cccc(C)c2C)cc1. The molecule has 0 radical (unpaired) electrons. The zero-order chi connectivity index (χ0) is 19.6. The van der Waals surface area contributed by atoms with Crippen molar-refractivity contribution >= 4 is 17.5 Å². The molecule has 0 saturated carbocycles. The minimum Gasteiger partial charge on any atom is -0.493 e. The quantitative estimate of drug-likeness (QED) is 0.711. The Morgan fingerprint density at radius 2 is 1.70 bits per heavy atom. The minimum atomic E-state index is -0.168. The molecule has 0 unspecified atom stereocenters. The van der Waals surface area contributed by atoms with Gasteiger partial charge in [0.15, 0.2) is 6.61 Å². The number of anilines is 1. The Morgan fingerprint density at radius 1 is 0.963 bits per heavy atom. The van der Waals surface area contributed by atoms with Crippen molar-refractivity contribution in [2.75, 3.05) is 25.1 Å². The van der Waals surface area contributed by atoms with E-state index in [1.807, 2.05) is 39.0 Å². The first-order chi connectivity index (χ1) is 13.0. The summed E-state index contributed by atoms with van der Waals surface area (Å²) >= 11 is 0. The van der Waals surface area contributed by atoms with Crippen molar-refractivity contribution in [3.05, 3.63) is 53.6 Å². The van der Waals surface area contributed by atoms with E-state index >= 15 is 0 Å². The summed E-state index contributed by atoms with van der Waals surface area (Å²) in [6, 6.07) is 12.8. The number of carbonyl (C=O) groups excluding carboxylic acids is 2. The molecule has 0 aromatic heterocycles. The second-order valence-electron chi connectivity index (χ2n) is 6.11. The lowest BCUT2D eigenvalue weighted by Gasteiger charge is -2.11. The molecule has 0 fully saturated rings. The highest BCUT2D eigenvalue weighted by atomic mass is 16.5. The van der Waals surface area contributed by atoms with E-state index in [1.54, 1.807) is 24.3 Å². The molecule has 0 aliphatic rings. The van der Waals surface area contributed by atoms with E-state index in [0.29, 0.717) is 24.6 Å². The van der Waals surface area contributed by atoms with Gasteiger partial charge in [0.05, 0.1) is 13.0 Å². The number of rotatable bonds is 9. The Morgan fingerprint density at radius 3 is 2.41 bits per heavy atom. The maximum Gasteiger partial charge on any atom is 0.257 e. The van der Waals surface area contributed by atoms with E-state index < -0.39 is 0 Å². The van der Waals surface area contributed by atoms with Crippen molar-refractivity contribution < 1.29 is 19.1 Å². The molecule has 0 aliphatic heterocycles. The fraction of sp³-hybridized carbons (Fsp3) is 0.333. The lowest BCUT2D eigenvalue weighted by Crippen LogP contribution is -2.28. The molecule has 0 spiro atoms. The van der Waals surface area contributed by atoms with Gasteiger partial charge < -0.3 is 20.1 Å². The number of nitrogens with one attached hydrogen (secondary N) is 2. The Bertz CT molecular complexity index is 772. The highest BCUT2D eigenvalue weighted by molar-refractivity contribution is 5.90. The van der Waals surface area contributed by atoms with Gasteiger partial charge in [-0.05, 0) is 62.2 Å². The Hall–Kier alpha value is -3.02. The average molecular weight is 370 g/mol. The van der Waals surface area contributed by atoms with Gasteiger partial charge in [-0.2, -0.15) is 0 Å². The van der Waals surface area contributed by atoms with Crippen molar-refractivity contribution in [3.8, 4) is 11.5 Å². The van der Waals surface area contributed by atoms with Crippen molar-refractivity contribution in [2.45, 2.75) is 27.2 Å². The Kier molecular flexibility index (Phi) is 7.67. The average Bonchev–Trinajstić information content (AvgIpc) is 2.65. The predicted octanol–water partition coefficient (Wildman–Crippen LogP) is 3.23. The van der Waals surface area contributed by atoms with Crippen LogP contribution in [-0.2, 0) is 9.59 Å². The number of hydrogen-bond acceptors (Lipinski definition) is 4. The van der Waals surface area contributed by atoms with Gasteiger partial charge in [0.2, 0.25) is 5.91 Å². The maximum absolute atomic E-state index is 12.1. The smallest absolute Gasteiger partial charge is 0.257 e. The number of carbonyl (C=O) groups is 2. The topological polar surface area (TPSA) is 76.7 Å². The fourth-order valence-electron chi connectivity index (χ4n) is 2.39. The number of ether oxygens (including phenoxy) is 2. The summed E-state index contributed by atoms with van der Waals surface area (Å²) in [4.78, 5) is 23.4. The Balaban J connectivity index is 1.75. The number of hydrogen-bond donors (Lipinski definition) is 2. The summed E-state index contributed by atoms with van der Waals surface area (Å²) in [6.07, 6.45) is 0.253. The number of benzene rings is 2. The molecule has 2 N–H and O–H groups in total. The second kappa shape index (κ2) is 10.2. The first-order valence-electron chi connectivity index (χ1n) is 8.98. The Labute approximate surface area is 159 Å². The van der Waals surface area contributed by atoms with E-state index in [-0.39, 0.29) is 24.8 Å². The molecule has 144 valence electrons. The van der Waals surface area contributed by atoms with Crippen LogP contribution in [0.2, 0.25) is 0 Å². The van der Waals surface area contributed by atoms with E-state index in [0.717, 1.165) is 16.9 Å². The van der Waals surface area contributed by atoms with Gasteiger partial charge in [0.1, 0.15) is 11.5 Å². The van der Waals surface area contributed by atoms with Gasteiger partial charge in [0.25, 0.3) is 5.91 Å². The van der Waals surface area contributed by atoms with E-state index in [4.69, 9.17) is 9.47 Å². The summed E-state index contributed by atoms with van der Waals surface area (Å²) in [6.45, 7) is 6.72. The summed E-state index contributed by atoms with van der Waals surface area (Å²) in [7, 11) is 0. The van der Waals surface area contributed by atoms with Crippen LogP contribution in [0.25, 0.3) is 0 Å². The van der Waals surface area contributed by atoms with Crippen molar-refractivity contribution in [1.82, 2.24) is 5.32 Å². The van der Waals surface area contributed by atoms with Crippen LogP contribution in [0.5, 0.6) is 11.5 Å². The zero-order valence-electron chi connectivity index (χ0n) is 16.0. The predicted molar refractivity (Wildman–Crippen MR) is 105 cm³/mol. The van der Waals surface area contributed by atoms with Crippen LogP contribution >= 0.6 is 0 Å². The van der Waals surface area contributed by atoms with Gasteiger partial charge in [-0.25, -0.2) is 0 Å². The lowest BCUT2D eigenvalue weighted by atomic mass is 10.1. The van der Waals surface area contributed by atoms with Crippen molar-refractivity contribution in [2.24, 2.45) is 0 Å². The largest absolute Gasteiger partial charge is 0.493 e. The lowest BCUT2D eigenvalue weighted by molar-refractivity contribution is -0.123. The van der Waals surface area contributed by atoms with Crippen molar-refractivity contribution in [1.29, 1.82) is 0 Å². The van der Waals surface area contributed by atoms with E-state index in [1.165, 1.54) is 0 Å². The molecule has 0 atom stereocenters. The third-order valence-corrected chi connectivity index (χ3v) is 4.02. The summed E-state index contributed by atoms with van der Waals surface area (Å²) in [5.41, 5.74) is 2.91. The number of likely N-dealkylation sites (N-methyl/N-ethyl adjacent to an activating group) is 1. The van der Waals surface area contributed by atoms with E-state index in [9.17, 15) is 9.59 Å². The number of aryl methyl sites for hydroxylation is 1. The van der Waals surface area contributed by atoms with Crippen LogP contribution in [0.15, 0.2) is 42.5 Å². The summed E-state index contributed by atoms with van der Waals surface area (Å²) < 4.78 is 11.1. The molecular formula is C21H26N2O4. The first kappa shape index (κ1) is 20.3. The summed E-state index contributed by atoms with van der Waals surface area (Å²) in [5, 5.41) is 5.47. The fourth-order valence-corrected chi connectivity index (χ4v) is 2.39. The normalized spacial score (nSPS) is 10.2. The van der Waals surface area contributed by atoms with Crippen LogP contribution < -0.4 is 20.1 Å². The van der Waals surface area contributed by atoms with Crippen LogP contribution in [0.1, 0.15) is 24.5 Å². The molecule has 0 saturated heterocycles. The maximum atomic E-state index is 12.1. The molecule has 0 aliphatic carbocycles. The van der Waals surface area contributed by atoms with Crippen LogP contribution in [0.4, 0.5) is 5.69 Å². The molecule has 6 heteroatoms. The molecular weight excluding hydrogens is 344 g/mol. The van der Waals surface area contributed by atoms with Crippen LogP contribution in [0.3, 0.4) is 0 Å². The molecule has 2 amide bonds. The number of amides is 2.